The van der Waals surface area contributed by atoms with Crippen molar-refractivity contribution in [2.45, 2.75) is 0 Å². The molecule has 0 radical (unpaired) electrons. The van der Waals surface area contributed by atoms with Gasteiger partial charge in [-0.05, 0) is 69.4 Å². The van der Waals surface area contributed by atoms with Crippen LogP contribution in [0.5, 0.6) is 0 Å². The number of hydrogen-bond donors (Lipinski definition) is 0. The van der Waals surface area contributed by atoms with E-state index in [0.29, 0.717) is 17.5 Å². The molecule has 0 saturated heterocycles. The van der Waals surface area contributed by atoms with Crippen molar-refractivity contribution in [3.05, 3.63) is 188 Å². The Hall–Kier alpha value is -7.37. The van der Waals surface area contributed by atoms with E-state index in [1.54, 1.807) is 0 Å². The highest BCUT2D eigenvalue weighted by atomic mass is 15.0. The predicted molar refractivity (Wildman–Crippen MR) is 221 cm³/mol. The van der Waals surface area contributed by atoms with E-state index >= 15 is 0 Å². The lowest BCUT2D eigenvalue weighted by molar-refractivity contribution is 1.07. The molecular weight excluding hydrogens is 659 g/mol. The second kappa shape index (κ2) is 13.3. The third-order valence-corrected chi connectivity index (χ3v) is 9.99. The van der Waals surface area contributed by atoms with Crippen LogP contribution < -0.4 is 0 Å². The molecule has 0 aliphatic rings. The molecule has 5 heteroatoms. The number of aromatic nitrogens is 5. The van der Waals surface area contributed by atoms with Crippen LogP contribution in [0.4, 0.5) is 0 Å². The lowest BCUT2D eigenvalue weighted by atomic mass is 9.90. The van der Waals surface area contributed by atoms with Crippen LogP contribution in [0.3, 0.4) is 0 Å². The minimum Gasteiger partial charge on any atom is -0.256 e. The molecule has 10 aromatic rings. The molecule has 0 saturated carbocycles. The van der Waals surface area contributed by atoms with E-state index in [0.717, 1.165) is 82.6 Å². The second-order valence-electron chi connectivity index (χ2n) is 13.3. The second-order valence-corrected chi connectivity index (χ2v) is 13.3. The minimum absolute atomic E-state index is 0.626. The summed E-state index contributed by atoms with van der Waals surface area (Å²) in [7, 11) is 0. The van der Waals surface area contributed by atoms with Crippen molar-refractivity contribution >= 4 is 32.6 Å². The van der Waals surface area contributed by atoms with Gasteiger partial charge >= 0.3 is 0 Å². The van der Waals surface area contributed by atoms with Crippen molar-refractivity contribution in [1.82, 2.24) is 24.9 Å². The quantitative estimate of drug-likeness (QED) is 0.163. The largest absolute Gasteiger partial charge is 0.256 e. The summed E-state index contributed by atoms with van der Waals surface area (Å²) in [4.78, 5) is 24.7. The highest BCUT2D eigenvalue weighted by Gasteiger charge is 2.17. The fourth-order valence-electron chi connectivity index (χ4n) is 7.40. The highest BCUT2D eigenvalue weighted by molar-refractivity contribution is 6.22. The molecule has 3 aromatic heterocycles. The monoisotopic (exact) mass is 689 g/mol. The van der Waals surface area contributed by atoms with Crippen molar-refractivity contribution in [3.8, 4) is 67.5 Å². The standard InChI is InChI=1S/C49H31N5/c1-4-14-32(15-5-1)41-30-43-40-25-13-27-51-46(40)42(31-44(43)39-24-12-26-50-45(39)41)37-22-10-20-35(28-37)36-21-11-23-38(29-36)49-53-47(33-16-6-2-7-17-33)52-48(54-49)34-18-8-3-9-19-34/h1-31H. The summed E-state index contributed by atoms with van der Waals surface area (Å²) in [5.41, 5.74) is 11.3. The number of benzene rings is 7. The molecule has 252 valence electrons. The Morgan fingerprint density at radius 1 is 0.259 bits per heavy atom. The minimum atomic E-state index is 0.626. The Kier molecular flexibility index (Phi) is 7.73. The molecule has 0 unspecified atom stereocenters. The number of pyridine rings is 2. The van der Waals surface area contributed by atoms with Crippen LogP contribution in [0.1, 0.15) is 0 Å². The van der Waals surface area contributed by atoms with Gasteiger partial charge in [0.25, 0.3) is 0 Å². The molecule has 5 nitrogen and oxygen atoms in total. The van der Waals surface area contributed by atoms with Gasteiger partial charge in [0.15, 0.2) is 17.5 Å². The van der Waals surface area contributed by atoms with E-state index in [1.165, 1.54) is 0 Å². The maximum Gasteiger partial charge on any atom is 0.164 e. The lowest BCUT2D eigenvalue weighted by Gasteiger charge is -2.15. The fourth-order valence-corrected chi connectivity index (χ4v) is 7.40. The van der Waals surface area contributed by atoms with Crippen molar-refractivity contribution < 1.29 is 0 Å². The molecule has 3 heterocycles. The summed E-state index contributed by atoms with van der Waals surface area (Å²) in [5, 5.41) is 4.54. The van der Waals surface area contributed by atoms with Gasteiger partial charge in [0.1, 0.15) is 0 Å². The van der Waals surface area contributed by atoms with Crippen LogP contribution >= 0.6 is 0 Å². The smallest absolute Gasteiger partial charge is 0.164 e. The van der Waals surface area contributed by atoms with Gasteiger partial charge in [-0.15, -0.1) is 0 Å². The number of fused-ring (bicyclic) bond motifs is 5. The third kappa shape index (κ3) is 5.65. The zero-order chi connectivity index (χ0) is 35.8. The van der Waals surface area contributed by atoms with Gasteiger partial charge in [0.05, 0.1) is 11.0 Å². The molecule has 0 N–H and O–H groups in total. The van der Waals surface area contributed by atoms with Gasteiger partial charge in [-0.25, -0.2) is 15.0 Å². The van der Waals surface area contributed by atoms with Gasteiger partial charge in [-0.1, -0.05) is 140 Å². The summed E-state index contributed by atoms with van der Waals surface area (Å²) in [6.07, 6.45) is 3.76. The van der Waals surface area contributed by atoms with Crippen molar-refractivity contribution in [3.63, 3.8) is 0 Å². The van der Waals surface area contributed by atoms with Crippen LogP contribution in [0.2, 0.25) is 0 Å². The first-order chi connectivity index (χ1) is 26.8. The predicted octanol–water partition coefficient (Wildman–Crippen LogP) is 12.1. The Balaban J connectivity index is 1.11. The maximum atomic E-state index is 4.98. The normalized spacial score (nSPS) is 11.3. The third-order valence-electron chi connectivity index (χ3n) is 9.99. The first-order valence-corrected chi connectivity index (χ1v) is 18.0. The summed E-state index contributed by atoms with van der Waals surface area (Å²) in [5.74, 6) is 1.91. The van der Waals surface area contributed by atoms with Crippen LogP contribution in [0.15, 0.2) is 188 Å². The summed E-state index contributed by atoms with van der Waals surface area (Å²) in [6.45, 7) is 0. The number of hydrogen-bond acceptors (Lipinski definition) is 5. The average Bonchev–Trinajstić information content (AvgIpc) is 3.26. The first kappa shape index (κ1) is 31.4. The molecule has 0 amide bonds. The van der Waals surface area contributed by atoms with E-state index in [9.17, 15) is 0 Å². The van der Waals surface area contributed by atoms with E-state index in [2.05, 4.69) is 97.1 Å². The van der Waals surface area contributed by atoms with Crippen LogP contribution in [0.25, 0.3) is 100 Å². The highest BCUT2D eigenvalue weighted by Crippen LogP contribution is 2.41. The van der Waals surface area contributed by atoms with Gasteiger partial charge in [-0.2, -0.15) is 0 Å². The van der Waals surface area contributed by atoms with E-state index in [1.807, 2.05) is 91.3 Å². The molecule has 54 heavy (non-hydrogen) atoms. The van der Waals surface area contributed by atoms with E-state index in [-0.39, 0.29) is 0 Å². The van der Waals surface area contributed by atoms with Gasteiger partial charge < -0.3 is 0 Å². The molecule has 0 aliphatic heterocycles. The molecule has 7 aromatic carbocycles. The van der Waals surface area contributed by atoms with Crippen LogP contribution in [-0.2, 0) is 0 Å². The Morgan fingerprint density at radius 2 is 0.648 bits per heavy atom. The summed E-state index contributed by atoms with van der Waals surface area (Å²) >= 11 is 0. The molecule has 0 atom stereocenters. The van der Waals surface area contributed by atoms with Gasteiger partial charge in [0.2, 0.25) is 0 Å². The lowest BCUT2D eigenvalue weighted by Crippen LogP contribution is -2.00. The fraction of sp³-hybridized carbons (Fsp3) is 0. The van der Waals surface area contributed by atoms with Gasteiger partial charge in [0, 0.05) is 51.0 Å². The van der Waals surface area contributed by atoms with Crippen molar-refractivity contribution in [2.24, 2.45) is 0 Å². The molecule has 0 bridgehead atoms. The zero-order valence-corrected chi connectivity index (χ0v) is 29.1. The zero-order valence-electron chi connectivity index (χ0n) is 29.1. The molecular formula is C49H31N5. The number of nitrogens with zero attached hydrogens (tertiary/aromatic N) is 5. The molecule has 0 aliphatic carbocycles. The van der Waals surface area contributed by atoms with Crippen molar-refractivity contribution in [2.75, 3.05) is 0 Å². The summed E-state index contributed by atoms with van der Waals surface area (Å²) < 4.78 is 0. The van der Waals surface area contributed by atoms with Gasteiger partial charge in [-0.3, -0.25) is 9.97 Å². The van der Waals surface area contributed by atoms with Crippen LogP contribution in [0, 0.1) is 0 Å². The molecule has 0 spiro atoms. The summed E-state index contributed by atoms with van der Waals surface area (Å²) in [6, 6.07) is 60.8. The Bertz CT molecular complexity index is 2920. The molecule has 10 rings (SSSR count). The number of rotatable bonds is 6. The first-order valence-electron chi connectivity index (χ1n) is 18.0. The van der Waals surface area contributed by atoms with Crippen LogP contribution in [-0.4, -0.2) is 24.9 Å². The maximum absolute atomic E-state index is 4.98. The van der Waals surface area contributed by atoms with E-state index in [4.69, 9.17) is 24.9 Å². The average molecular weight is 690 g/mol. The SMILES string of the molecule is c1ccc(-c2nc(-c3ccccc3)nc(-c3cccc(-c4cccc(-c5cc6c7cccnc7c(-c7ccccc7)cc6c6cccnc56)c4)c3)n2)cc1. The van der Waals surface area contributed by atoms with Crippen molar-refractivity contribution in [1.29, 1.82) is 0 Å². The topological polar surface area (TPSA) is 64.5 Å². The molecule has 0 fully saturated rings. The Morgan fingerprint density at radius 3 is 1.17 bits per heavy atom. The van der Waals surface area contributed by atoms with E-state index < -0.39 is 0 Å². The Labute approximate surface area is 312 Å².